The van der Waals surface area contributed by atoms with E-state index in [4.69, 9.17) is 19.2 Å². The average molecular weight is 546 g/mol. The average Bonchev–Trinajstić information content (AvgIpc) is 3.56. The molecule has 0 bridgehead atoms. The number of imidazole rings is 1. The fourth-order valence-corrected chi connectivity index (χ4v) is 6.97. The zero-order valence-electron chi connectivity index (χ0n) is 20.8. The van der Waals surface area contributed by atoms with Crippen LogP contribution in [0.25, 0.3) is 11.0 Å². The summed E-state index contributed by atoms with van der Waals surface area (Å²) < 4.78 is 46.3. The number of rotatable bonds is 9. The molecule has 1 aromatic heterocycles. The largest absolute Gasteiger partial charge is 0.462 e. The molecular formula is C26H31N3O6S2. The zero-order chi connectivity index (χ0) is 25.8. The van der Waals surface area contributed by atoms with E-state index in [2.05, 4.69) is 4.57 Å². The number of hydrogen-bond donors (Lipinski definition) is 0. The summed E-state index contributed by atoms with van der Waals surface area (Å²) >= 11 is 1.58. The van der Waals surface area contributed by atoms with Crippen LogP contribution < -0.4 is 0 Å². The fraction of sp³-hybridized carbons (Fsp3) is 0.462. The minimum absolute atomic E-state index is 0.109. The molecule has 3 aromatic rings. The minimum atomic E-state index is -3.62. The highest BCUT2D eigenvalue weighted by molar-refractivity contribution is 7.98. The van der Waals surface area contributed by atoms with Crippen LogP contribution in [0.15, 0.2) is 52.5 Å². The van der Waals surface area contributed by atoms with Crippen molar-refractivity contribution in [1.82, 2.24) is 13.9 Å². The summed E-state index contributed by atoms with van der Waals surface area (Å²) in [5, 5.41) is 0.806. The SMILES string of the molecule is CCOC(=O)c1ccc(CSc2nc3cc(S(=O)(=O)N4CCOCC4)ccc3n2C[C@@H]2CCCO2)cc1. The lowest BCUT2D eigenvalue weighted by Gasteiger charge is -2.26. The summed E-state index contributed by atoms with van der Waals surface area (Å²) in [4.78, 5) is 17.0. The van der Waals surface area contributed by atoms with Gasteiger partial charge < -0.3 is 18.8 Å². The number of thioether (sulfide) groups is 1. The molecular weight excluding hydrogens is 514 g/mol. The Bertz CT molecular complexity index is 1340. The molecule has 3 heterocycles. The summed E-state index contributed by atoms with van der Waals surface area (Å²) in [6.45, 7) is 5.05. The minimum Gasteiger partial charge on any atom is -0.462 e. The molecule has 0 amide bonds. The van der Waals surface area contributed by atoms with Crippen molar-refractivity contribution in [3.05, 3.63) is 53.6 Å². The Hall–Kier alpha value is -2.44. The van der Waals surface area contributed by atoms with E-state index in [1.807, 2.05) is 18.2 Å². The van der Waals surface area contributed by atoms with Crippen LogP contribution in [0.3, 0.4) is 0 Å². The number of morpholine rings is 1. The van der Waals surface area contributed by atoms with Crippen LogP contribution >= 0.6 is 11.8 Å². The van der Waals surface area contributed by atoms with Gasteiger partial charge in [-0.3, -0.25) is 0 Å². The molecule has 0 radical (unpaired) electrons. The Morgan fingerprint density at radius 3 is 2.62 bits per heavy atom. The van der Waals surface area contributed by atoms with E-state index in [0.717, 1.165) is 35.7 Å². The molecule has 9 nitrogen and oxygen atoms in total. The summed E-state index contributed by atoms with van der Waals surface area (Å²) in [6.07, 6.45) is 2.13. The molecule has 2 aliphatic rings. The lowest BCUT2D eigenvalue weighted by molar-refractivity contribution is 0.0526. The van der Waals surface area contributed by atoms with E-state index >= 15 is 0 Å². The van der Waals surface area contributed by atoms with Crippen LogP contribution in [-0.4, -0.2) is 73.9 Å². The van der Waals surface area contributed by atoms with Gasteiger partial charge in [0.1, 0.15) is 0 Å². The van der Waals surface area contributed by atoms with Crippen LogP contribution in [0.5, 0.6) is 0 Å². The van der Waals surface area contributed by atoms with Crippen molar-refractivity contribution in [1.29, 1.82) is 0 Å². The van der Waals surface area contributed by atoms with Gasteiger partial charge >= 0.3 is 5.97 Å². The second kappa shape index (κ2) is 11.5. The molecule has 2 aliphatic heterocycles. The second-order valence-electron chi connectivity index (χ2n) is 9.01. The zero-order valence-corrected chi connectivity index (χ0v) is 22.4. The molecule has 2 aromatic carbocycles. The highest BCUT2D eigenvalue weighted by Crippen LogP contribution is 2.31. The number of carbonyl (C=O) groups excluding carboxylic acids is 1. The highest BCUT2D eigenvalue weighted by Gasteiger charge is 2.28. The van der Waals surface area contributed by atoms with Crippen molar-refractivity contribution in [3.63, 3.8) is 0 Å². The van der Waals surface area contributed by atoms with E-state index in [-0.39, 0.29) is 17.0 Å². The Morgan fingerprint density at radius 2 is 1.92 bits per heavy atom. The Labute approximate surface area is 221 Å². The predicted octanol–water partition coefficient (Wildman–Crippen LogP) is 3.71. The molecule has 0 saturated carbocycles. The van der Waals surface area contributed by atoms with Crippen LogP contribution in [0, 0.1) is 0 Å². The molecule has 0 N–H and O–H groups in total. The van der Waals surface area contributed by atoms with Gasteiger partial charge in [-0.1, -0.05) is 23.9 Å². The van der Waals surface area contributed by atoms with Crippen LogP contribution in [0.1, 0.15) is 35.7 Å². The summed E-state index contributed by atoms with van der Waals surface area (Å²) in [6, 6.07) is 12.6. The van der Waals surface area contributed by atoms with Crippen molar-refractivity contribution in [3.8, 4) is 0 Å². The maximum Gasteiger partial charge on any atom is 0.338 e. The number of sulfonamides is 1. The first-order chi connectivity index (χ1) is 18.0. The first kappa shape index (κ1) is 26.2. The van der Waals surface area contributed by atoms with E-state index in [9.17, 15) is 13.2 Å². The molecule has 2 saturated heterocycles. The Morgan fingerprint density at radius 1 is 1.14 bits per heavy atom. The quantitative estimate of drug-likeness (QED) is 0.296. The lowest BCUT2D eigenvalue weighted by Crippen LogP contribution is -2.40. The van der Waals surface area contributed by atoms with Crippen LogP contribution in [-0.2, 0) is 36.5 Å². The fourth-order valence-electron chi connectivity index (χ4n) is 4.56. The van der Waals surface area contributed by atoms with Gasteiger partial charge in [-0.05, 0) is 55.7 Å². The molecule has 0 unspecified atom stereocenters. The van der Waals surface area contributed by atoms with Crippen molar-refractivity contribution < 1.29 is 27.4 Å². The van der Waals surface area contributed by atoms with Gasteiger partial charge in [0.2, 0.25) is 10.0 Å². The van der Waals surface area contributed by atoms with E-state index in [1.54, 1.807) is 43.0 Å². The van der Waals surface area contributed by atoms with Gasteiger partial charge in [0.25, 0.3) is 0 Å². The van der Waals surface area contributed by atoms with Crippen LogP contribution in [0.4, 0.5) is 0 Å². The number of aromatic nitrogens is 2. The van der Waals surface area contributed by atoms with Gasteiger partial charge in [-0.15, -0.1) is 0 Å². The lowest BCUT2D eigenvalue weighted by atomic mass is 10.1. The van der Waals surface area contributed by atoms with Crippen molar-refractivity contribution in [2.45, 2.75) is 48.2 Å². The number of esters is 1. The number of nitrogens with zero attached hydrogens (tertiary/aromatic N) is 3. The van der Waals surface area contributed by atoms with Gasteiger partial charge in [0.05, 0.1) is 54.0 Å². The molecule has 0 spiro atoms. The third-order valence-corrected chi connectivity index (χ3v) is 9.48. The number of fused-ring (bicyclic) bond motifs is 1. The third-order valence-electron chi connectivity index (χ3n) is 6.54. The Kier molecular flexibility index (Phi) is 8.15. The first-order valence-corrected chi connectivity index (χ1v) is 15.0. The van der Waals surface area contributed by atoms with Crippen molar-refractivity contribution >= 4 is 38.8 Å². The van der Waals surface area contributed by atoms with Crippen molar-refractivity contribution in [2.75, 3.05) is 39.5 Å². The van der Waals surface area contributed by atoms with E-state index in [1.165, 1.54) is 4.31 Å². The van der Waals surface area contributed by atoms with Gasteiger partial charge in [0, 0.05) is 25.4 Å². The smallest absolute Gasteiger partial charge is 0.338 e. The van der Waals surface area contributed by atoms with Gasteiger partial charge in [-0.25, -0.2) is 18.2 Å². The van der Waals surface area contributed by atoms with E-state index in [0.29, 0.717) is 56.3 Å². The van der Waals surface area contributed by atoms with E-state index < -0.39 is 10.0 Å². The maximum atomic E-state index is 13.2. The van der Waals surface area contributed by atoms with Crippen LogP contribution in [0.2, 0.25) is 0 Å². The number of benzene rings is 2. The molecule has 11 heteroatoms. The number of ether oxygens (including phenoxy) is 3. The molecule has 2 fully saturated rings. The molecule has 5 rings (SSSR count). The van der Waals surface area contributed by atoms with Gasteiger partial charge in [-0.2, -0.15) is 4.31 Å². The second-order valence-corrected chi connectivity index (χ2v) is 11.9. The first-order valence-electron chi connectivity index (χ1n) is 12.5. The number of carbonyl (C=O) groups is 1. The Balaban J connectivity index is 1.40. The molecule has 1 atom stereocenters. The van der Waals surface area contributed by atoms with Gasteiger partial charge in [0.15, 0.2) is 5.16 Å². The summed E-state index contributed by atoms with van der Waals surface area (Å²) in [7, 11) is -3.62. The van der Waals surface area contributed by atoms with Crippen molar-refractivity contribution in [2.24, 2.45) is 0 Å². The highest BCUT2D eigenvalue weighted by atomic mass is 32.2. The summed E-state index contributed by atoms with van der Waals surface area (Å²) in [5.41, 5.74) is 3.10. The standard InChI is InChI=1S/C26H31N3O6S2/c1-2-34-25(30)20-7-5-19(6-8-20)18-36-26-27-23-16-22(37(31,32)28-11-14-33-15-12-28)9-10-24(23)29(26)17-21-4-3-13-35-21/h5-10,16,21H,2-4,11-15,17-18H2,1H3/t21-/m0/s1. The molecule has 198 valence electrons. The topological polar surface area (TPSA) is 100.0 Å². The number of hydrogen-bond acceptors (Lipinski definition) is 8. The normalized spacial score (nSPS) is 18.9. The third kappa shape index (κ3) is 5.85. The predicted molar refractivity (Wildman–Crippen MR) is 140 cm³/mol. The molecule has 37 heavy (non-hydrogen) atoms. The summed E-state index contributed by atoms with van der Waals surface area (Å²) in [5.74, 6) is 0.319. The maximum absolute atomic E-state index is 13.2. The monoisotopic (exact) mass is 545 g/mol. The molecule has 0 aliphatic carbocycles.